The molecule has 1 aliphatic carbocycles. The monoisotopic (exact) mass is 597 g/mol. The van der Waals surface area contributed by atoms with Crippen molar-refractivity contribution >= 4 is 35.6 Å². The van der Waals surface area contributed by atoms with E-state index >= 15 is 0 Å². The van der Waals surface area contributed by atoms with Gasteiger partial charge < -0.3 is 23.7 Å². The quantitative estimate of drug-likeness (QED) is 0.322. The summed E-state index contributed by atoms with van der Waals surface area (Å²) in [5.41, 5.74) is 2.61. The van der Waals surface area contributed by atoms with Crippen LogP contribution in [0.4, 0.5) is 0 Å². The summed E-state index contributed by atoms with van der Waals surface area (Å²) in [5.74, 6) is -2.76. The number of aryl methyl sites for hydroxylation is 1. The Morgan fingerprint density at radius 2 is 1.55 bits per heavy atom. The number of carbonyl (C=O) groups excluding carboxylic acids is 4. The van der Waals surface area contributed by atoms with Crippen molar-refractivity contribution in [2.24, 2.45) is 0 Å². The van der Waals surface area contributed by atoms with Crippen LogP contribution in [0.2, 0.25) is 0 Å². The number of nitriles is 1. The first-order valence-electron chi connectivity index (χ1n) is 13.4. The number of hydrogen-bond acceptors (Lipinski definition) is 13. The number of rotatable bonds is 8. The van der Waals surface area contributed by atoms with Crippen molar-refractivity contribution in [3.8, 4) is 17.2 Å². The normalized spacial score (nSPS) is 23.1. The van der Waals surface area contributed by atoms with Gasteiger partial charge >= 0.3 is 23.9 Å². The van der Waals surface area contributed by atoms with E-state index in [1.807, 2.05) is 12.1 Å². The summed E-state index contributed by atoms with van der Waals surface area (Å²) >= 11 is 1.02. The zero-order valence-electron chi connectivity index (χ0n) is 23.7. The van der Waals surface area contributed by atoms with Gasteiger partial charge in [-0.2, -0.15) is 5.26 Å². The van der Waals surface area contributed by atoms with Crippen molar-refractivity contribution in [3.05, 3.63) is 41.3 Å². The fourth-order valence-corrected chi connectivity index (χ4v) is 6.33. The van der Waals surface area contributed by atoms with Crippen molar-refractivity contribution in [3.63, 3.8) is 0 Å². The second-order valence-electron chi connectivity index (χ2n) is 9.83. The molecular weight excluding hydrogens is 566 g/mol. The lowest BCUT2D eigenvalue weighted by molar-refractivity contribution is -0.237. The Labute approximate surface area is 247 Å². The summed E-state index contributed by atoms with van der Waals surface area (Å²) in [6, 6.07) is 5.95. The summed E-state index contributed by atoms with van der Waals surface area (Å²) in [5, 5.41) is 10.7. The fraction of sp³-hybridized carbons (Fsp3) is 0.483. The molecule has 2 aromatic rings. The van der Waals surface area contributed by atoms with Crippen LogP contribution in [0.5, 0.6) is 0 Å². The van der Waals surface area contributed by atoms with Gasteiger partial charge in [0.25, 0.3) is 0 Å². The van der Waals surface area contributed by atoms with Crippen LogP contribution in [0.15, 0.2) is 29.6 Å². The lowest BCUT2D eigenvalue weighted by atomic mass is 9.87. The van der Waals surface area contributed by atoms with E-state index in [2.05, 4.69) is 11.1 Å². The maximum Gasteiger partial charge on any atom is 0.303 e. The second-order valence-corrected chi connectivity index (χ2v) is 10.9. The maximum atomic E-state index is 12.2. The fourth-order valence-electron chi connectivity index (χ4n) is 5.14. The highest BCUT2D eigenvalue weighted by Crippen LogP contribution is 2.42. The van der Waals surface area contributed by atoms with Gasteiger partial charge in [0.2, 0.25) is 0 Å². The first-order valence-corrected chi connectivity index (χ1v) is 14.3. The summed E-state index contributed by atoms with van der Waals surface area (Å²) < 4.78 is 28.0. The average Bonchev–Trinajstić information content (AvgIpc) is 2.94. The third-order valence-corrected chi connectivity index (χ3v) is 7.83. The smallest absolute Gasteiger partial charge is 0.303 e. The Morgan fingerprint density at radius 1 is 0.929 bits per heavy atom. The molecule has 2 aromatic heterocycles. The Morgan fingerprint density at radius 3 is 2.17 bits per heavy atom. The number of hydrogen-bond donors (Lipinski definition) is 0. The molecule has 0 saturated carbocycles. The number of nitrogens with zero attached hydrogens (tertiary/aromatic N) is 3. The zero-order valence-corrected chi connectivity index (χ0v) is 24.5. The predicted molar refractivity (Wildman–Crippen MR) is 147 cm³/mol. The van der Waals surface area contributed by atoms with Crippen molar-refractivity contribution in [1.29, 1.82) is 5.26 Å². The van der Waals surface area contributed by atoms with Gasteiger partial charge in [-0.15, -0.1) is 0 Å². The Hall–Kier alpha value is -4.02. The average molecular weight is 598 g/mol. The molecule has 5 atom stereocenters. The van der Waals surface area contributed by atoms with Crippen LogP contribution in [0.3, 0.4) is 0 Å². The van der Waals surface area contributed by atoms with Gasteiger partial charge in [-0.25, -0.2) is 4.98 Å². The van der Waals surface area contributed by atoms with E-state index in [0.29, 0.717) is 17.0 Å². The van der Waals surface area contributed by atoms with E-state index in [1.54, 1.807) is 12.4 Å². The summed E-state index contributed by atoms with van der Waals surface area (Å²) in [7, 11) is 0. The molecule has 0 bridgehead atoms. The molecule has 0 radical (unpaired) electrons. The molecule has 0 N–H and O–H groups in total. The second kappa shape index (κ2) is 13.8. The first-order chi connectivity index (χ1) is 20.1. The summed E-state index contributed by atoms with van der Waals surface area (Å²) in [6.07, 6.45) is 1.71. The van der Waals surface area contributed by atoms with Crippen molar-refractivity contribution < 1.29 is 42.9 Å². The van der Waals surface area contributed by atoms with E-state index in [-0.39, 0.29) is 6.61 Å². The molecule has 0 aromatic carbocycles. The van der Waals surface area contributed by atoms with Crippen LogP contribution in [-0.4, -0.2) is 70.3 Å². The van der Waals surface area contributed by atoms with Crippen LogP contribution >= 0.6 is 11.8 Å². The van der Waals surface area contributed by atoms with Gasteiger partial charge in [-0.3, -0.25) is 24.2 Å². The topological polar surface area (TPSA) is 164 Å². The molecule has 1 fully saturated rings. The molecule has 2 aliphatic rings. The van der Waals surface area contributed by atoms with E-state index in [4.69, 9.17) is 28.7 Å². The molecule has 1 saturated heterocycles. The van der Waals surface area contributed by atoms with Crippen LogP contribution in [0.25, 0.3) is 11.1 Å². The number of esters is 4. The highest BCUT2D eigenvalue weighted by molar-refractivity contribution is 7.99. The molecule has 13 heteroatoms. The highest BCUT2D eigenvalue weighted by atomic mass is 32.2. The molecule has 3 heterocycles. The SMILES string of the molecule is CC(=O)OC[C@H]1O[C@@H](Sc2nc3c(c(-c4ccncc4)c2C#N)CCCC3)[C@H](OC(C)=O)[C@@H](OC(C)=O)[C@H]1OC(C)=O. The largest absolute Gasteiger partial charge is 0.463 e. The molecule has 12 nitrogen and oxygen atoms in total. The lowest BCUT2D eigenvalue weighted by Crippen LogP contribution is -2.61. The molecule has 1 aliphatic heterocycles. The minimum atomic E-state index is -1.31. The lowest BCUT2D eigenvalue weighted by Gasteiger charge is -2.44. The molecular formula is C29H31N3O9S. The van der Waals surface area contributed by atoms with Crippen LogP contribution in [0, 0.1) is 11.3 Å². The Balaban J connectivity index is 1.83. The van der Waals surface area contributed by atoms with Gasteiger partial charge in [0.05, 0.1) is 5.56 Å². The zero-order chi connectivity index (χ0) is 30.4. The van der Waals surface area contributed by atoms with Crippen molar-refractivity contribution in [2.75, 3.05) is 6.61 Å². The van der Waals surface area contributed by atoms with Crippen LogP contribution in [0.1, 0.15) is 57.4 Å². The van der Waals surface area contributed by atoms with Gasteiger partial charge in [0.1, 0.15) is 23.8 Å². The van der Waals surface area contributed by atoms with Gasteiger partial charge in [0, 0.05) is 51.3 Å². The van der Waals surface area contributed by atoms with Crippen molar-refractivity contribution in [2.45, 2.75) is 88.3 Å². The molecule has 4 rings (SSSR count). The van der Waals surface area contributed by atoms with E-state index in [9.17, 15) is 24.4 Å². The number of ether oxygens (including phenoxy) is 5. The van der Waals surface area contributed by atoms with Gasteiger partial charge in [-0.05, 0) is 48.9 Å². The van der Waals surface area contributed by atoms with Gasteiger partial charge in [-0.1, -0.05) is 11.8 Å². The standard InChI is InChI=1S/C29H31N3O9S/c1-15(33)37-14-23-25(38-16(2)34)26(39-17(3)35)27(40-18(4)36)29(41-23)42-28-21(13-30)24(19-9-11-31-12-10-19)20-7-5-6-8-22(20)32-28/h9-12,23,25-27,29H,5-8,14H2,1-4H3/t23-,25+,26+,27-,29+/m1/s1. The number of fused-ring (bicyclic) bond motifs is 1. The summed E-state index contributed by atoms with van der Waals surface area (Å²) in [6.45, 7) is 4.36. The third kappa shape index (κ3) is 7.24. The minimum absolute atomic E-state index is 0.305. The predicted octanol–water partition coefficient (Wildman–Crippen LogP) is 3.07. The van der Waals surface area contributed by atoms with E-state index in [0.717, 1.165) is 67.3 Å². The first kappa shape index (κ1) is 30.9. The molecule has 222 valence electrons. The number of aromatic nitrogens is 2. The molecule has 0 spiro atoms. The Kier molecular flexibility index (Phi) is 10.1. The molecule has 0 amide bonds. The third-order valence-electron chi connectivity index (χ3n) is 6.70. The van der Waals surface area contributed by atoms with Crippen LogP contribution in [-0.2, 0) is 55.7 Å². The minimum Gasteiger partial charge on any atom is -0.463 e. The van der Waals surface area contributed by atoms with E-state index in [1.165, 1.54) is 13.8 Å². The maximum absolute atomic E-state index is 12.2. The Bertz CT molecular complexity index is 1390. The van der Waals surface area contributed by atoms with Crippen molar-refractivity contribution in [1.82, 2.24) is 9.97 Å². The molecule has 42 heavy (non-hydrogen) atoms. The number of thioether (sulfide) groups is 1. The number of pyridine rings is 2. The number of carbonyl (C=O) groups is 4. The molecule has 0 unspecified atom stereocenters. The summed E-state index contributed by atoms with van der Waals surface area (Å²) in [4.78, 5) is 57.1. The highest BCUT2D eigenvalue weighted by Gasteiger charge is 2.52. The van der Waals surface area contributed by atoms with Crippen LogP contribution < -0.4 is 0 Å². The van der Waals surface area contributed by atoms with Gasteiger partial charge in [0.15, 0.2) is 23.7 Å². The van der Waals surface area contributed by atoms with E-state index < -0.39 is 53.7 Å².